The number of hydrogen-bond donors (Lipinski definition) is 1. The van der Waals surface area contributed by atoms with Gasteiger partial charge < -0.3 is 15.4 Å². The zero-order valence-electron chi connectivity index (χ0n) is 11.2. The van der Waals surface area contributed by atoms with Crippen molar-refractivity contribution < 1.29 is 17.9 Å². The maximum Gasteiger partial charge on any atom is 0.416 e. The van der Waals surface area contributed by atoms with Crippen molar-refractivity contribution in [3.63, 3.8) is 0 Å². The van der Waals surface area contributed by atoms with Crippen LogP contribution < -0.4 is 10.6 Å². The Kier molecular flexibility index (Phi) is 4.88. The summed E-state index contributed by atoms with van der Waals surface area (Å²) in [5.74, 6) is 0. The molecule has 0 radical (unpaired) electrons. The summed E-state index contributed by atoms with van der Waals surface area (Å²) in [7, 11) is 0. The van der Waals surface area contributed by atoms with Crippen LogP contribution in [0.3, 0.4) is 0 Å². The van der Waals surface area contributed by atoms with Gasteiger partial charge in [-0.2, -0.15) is 13.2 Å². The van der Waals surface area contributed by atoms with E-state index in [2.05, 4.69) is 4.90 Å². The summed E-state index contributed by atoms with van der Waals surface area (Å²) in [6.45, 7) is 2.66. The highest BCUT2D eigenvalue weighted by molar-refractivity contribution is 5.48. The highest BCUT2D eigenvalue weighted by atomic mass is 19.4. The van der Waals surface area contributed by atoms with Gasteiger partial charge in [-0.05, 0) is 37.1 Å². The van der Waals surface area contributed by atoms with E-state index in [1.165, 1.54) is 12.1 Å². The van der Waals surface area contributed by atoms with Crippen molar-refractivity contribution in [2.75, 3.05) is 31.1 Å². The van der Waals surface area contributed by atoms with Crippen LogP contribution in [-0.2, 0) is 10.9 Å². The van der Waals surface area contributed by atoms with Crippen LogP contribution in [0.5, 0.6) is 0 Å². The molecule has 0 spiro atoms. The Hall–Kier alpha value is -1.27. The number of alkyl halides is 3. The summed E-state index contributed by atoms with van der Waals surface area (Å²) in [6, 6.07) is 5.33. The lowest BCUT2D eigenvalue weighted by Crippen LogP contribution is -2.37. The highest BCUT2D eigenvalue weighted by Crippen LogP contribution is 2.31. The van der Waals surface area contributed by atoms with Gasteiger partial charge in [0.2, 0.25) is 0 Å². The van der Waals surface area contributed by atoms with Crippen LogP contribution in [0, 0.1) is 0 Å². The Balaban J connectivity index is 1.90. The first-order valence-corrected chi connectivity index (χ1v) is 6.74. The predicted molar refractivity (Wildman–Crippen MR) is 71.7 cm³/mol. The summed E-state index contributed by atoms with van der Waals surface area (Å²) in [4.78, 5) is 2.09. The summed E-state index contributed by atoms with van der Waals surface area (Å²) in [5.41, 5.74) is 5.61. The van der Waals surface area contributed by atoms with Crippen LogP contribution in [0.25, 0.3) is 0 Å². The van der Waals surface area contributed by atoms with E-state index >= 15 is 0 Å². The fourth-order valence-corrected chi connectivity index (χ4v) is 2.38. The van der Waals surface area contributed by atoms with E-state index in [-0.39, 0.29) is 6.10 Å². The number of nitrogens with zero attached hydrogens (tertiary/aromatic N) is 1. The SMILES string of the molecule is NCCOC1CCN(c2ccc(C(F)(F)F)cc2)CC1. The minimum Gasteiger partial charge on any atom is -0.377 e. The number of rotatable bonds is 4. The van der Waals surface area contributed by atoms with Crippen molar-refractivity contribution >= 4 is 5.69 Å². The number of ether oxygens (including phenoxy) is 1. The minimum atomic E-state index is -4.28. The molecule has 0 saturated carbocycles. The number of benzene rings is 1. The van der Waals surface area contributed by atoms with E-state index in [0.29, 0.717) is 13.2 Å². The average Bonchev–Trinajstić information content (AvgIpc) is 2.45. The summed E-state index contributed by atoms with van der Waals surface area (Å²) < 4.78 is 43.1. The maximum atomic E-state index is 12.5. The minimum absolute atomic E-state index is 0.212. The summed E-state index contributed by atoms with van der Waals surface area (Å²) in [6.07, 6.45) is -2.31. The van der Waals surface area contributed by atoms with Gasteiger partial charge in [-0.15, -0.1) is 0 Å². The van der Waals surface area contributed by atoms with Crippen molar-refractivity contribution in [3.8, 4) is 0 Å². The normalized spacial score (nSPS) is 17.5. The molecule has 2 N–H and O–H groups in total. The van der Waals surface area contributed by atoms with E-state index in [1.54, 1.807) is 0 Å². The molecule has 20 heavy (non-hydrogen) atoms. The Bertz CT molecular complexity index is 411. The fourth-order valence-electron chi connectivity index (χ4n) is 2.38. The van der Waals surface area contributed by atoms with Crippen molar-refractivity contribution in [2.45, 2.75) is 25.1 Å². The number of piperidine rings is 1. The lowest BCUT2D eigenvalue weighted by Gasteiger charge is -2.33. The first-order chi connectivity index (χ1) is 9.50. The molecule has 0 aromatic heterocycles. The topological polar surface area (TPSA) is 38.5 Å². The van der Waals surface area contributed by atoms with E-state index in [4.69, 9.17) is 10.5 Å². The molecule has 2 rings (SSSR count). The molecule has 1 aliphatic rings. The Morgan fingerprint density at radius 3 is 2.25 bits per heavy atom. The van der Waals surface area contributed by atoms with Gasteiger partial charge in [-0.1, -0.05) is 0 Å². The van der Waals surface area contributed by atoms with Gasteiger partial charge >= 0.3 is 6.18 Å². The molecular weight excluding hydrogens is 269 g/mol. The second kappa shape index (κ2) is 6.45. The van der Waals surface area contributed by atoms with Gasteiger partial charge in [-0.3, -0.25) is 0 Å². The second-order valence-electron chi connectivity index (χ2n) is 4.89. The molecule has 1 fully saturated rings. The van der Waals surface area contributed by atoms with Gasteiger partial charge in [0, 0.05) is 25.3 Å². The second-order valence-corrected chi connectivity index (χ2v) is 4.89. The molecule has 0 atom stereocenters. The van der Waals surface area contributed by atoms with Gasteiger partial charge in [0.05, 0.1) is 18.3 Å². The third kappa shape index (κ3) is 3.86. The van der Waals surface area contributed by atoms with Crippen LogP contribution >= 0.6 is 0 Å². The largest absolute Gasteiger partial charge is 0.416 e. The molecule has 0 bridgehead atoms. The quantitative estimate of drug-likeness (QED) is 0.925. The third-order valence-corrected chi connectivity index (χ3v) is 3.47. The molecule has 1 aromatic rings. The lowest BCUT2D eigenvalue weighted by molar-refractivity contribution is -0.137. The van der Waals surface area contributed by atoms with Gasteiger partial charge in [0.1, 0.15) is 0 Å². The number of halogens is 3. The third-order valence-electron chi connectivity index (χ3n) is 3.47. The van der Waals surface area contributed by atoms with Crippen LogP contribution in [0.2, 0.25) is 0 Å². The Morgan fingerprint density at radius 1 is 1.15 bits per heavy atom. The Labute approximate surface area is 116 Å². The molecule has 1 aliphatic heterocycles. The van der Waals surface area contributed by atoms with E-state index in [1.807, 2.05) is 0 Å². The summed E-state index contributed by atoms with van der Waals surface area (Å²) >= 11 is 0. The number of hydrogen-bond acceptors (Lipinski definition) is 3. The fraction of sp³-hybridized carbons (Fsp3) is 0.571. The van der Waals surface area contributed by atoms with E-state index in [9.17, 15) is 13.2 Å². The molecule has 3 nitrogen and oxygen atoms in total. The molecule has 1 heterocycles. The molecule has 0 amide bonds. The van der Waals surface area contributed by atoms with Crippen LogP contribution in [-0.4, -0.2) is 32.3 Å². The zero-order chi connectivity index (χ0) is 14.6. The highest BCUT2D eigenvalue weighted by Gasteiger charge is 2.30. The molecule has 6 heteroatoms. The Morgan fingerprint density at radius 2 is 1.75 bits per heavy atom. The van der Waals surface area contributed by atoms with Crippen molar-refractivity contribution in [3.05, 3.63) is 29.8 Å². The molecule has 0 unspecified atom stereocenters. The smallest absolute Gasteiger partial charge is 0.377 e. The summed E-state index contributed by atoms with van der Waals surface area (Å²) in [5, 5.41) is 0. The van der Waals surface area contributed by atoms with Crippen molar-refractivity contribution in [1.82, 2.24) is 0 Å². The standard InChI is InChI=1S/C14H19F3N2O/c15-14(16,17)11-1-3-12(4-2-11)19-8-5-13(6-9-19)20-10-7-18/h1-4,13H,5-10,18H2. The first-order valence-electron chi connectivity index (χ1n) is 6.74. The average molecular weight is 288 g/mol. The predicted octanol–water partition coefficient (Wildman–Crippen LogP) is 2.65. The van der Waals surface area contributed by atoms with Gasteiger partial charge in [0.25, 0.3) is 0 Å². The monoisotopic (exact) mass is 288 g/mol. The van der Waals surface area contributed by atoms with Crippen LogP contribution in [0.4, 0.5) is 18.9 Å². The zero-order valence-corrected chi connectivity index (χ0v) is 11.2. The van der Waals surface area contributed by atoms with E-state index < -0.39 is 11.7 Å². The first kappa shape index (κ1) is 15.1. The molecule has 0 aliphatic carbocycles. The molecule has 1 saturated heterocycles. The maximum absolute atomic E-state index is 12.5. The van der Waals surface area contributed by atoms with Crippen molar-refractivity contribution in [2.24, 2.45) is 5.73 Å². The molecular formula is C14H19F3N2O. The van der Waals surface area contributed by atoms with E-state index in [0.717, 1.165) is 43.8 Å². The number of anilines is 1. The van der Waals surface area contributed by atoms with Crippen molar-refractivity contribution in [1.29, 1.82) is 0 Å². The lowest BCUT2D eigenvalue weighted by atomic mass is 10.1. The van der Waals surface area contributed by atoms with Crippen LogP contribution in [0.15, 0.2) is 24.3 Å². The van der Waals surface area contributed by atoms with Gasteiger partial charge in [0.15, 0.2) is 0 Å². The van der Waals surface area contributed by atoms with Crippen LogP contribution in [0.1, 0.15) is 18.4 Å². The molecule has 1 aromatic carbocycles. The van der Waals surface area contributed by atoms with Gasteiger partial charge in [-0.25, -0.2) is 0 Å². The number of nitrogens with two attached hydrogens (primary N) is 1. The molecule has 112 valence electrons.